The third-order valence-corrected chi connectivity index (χ3v) is 4.97. The zero-order chi connectivity index (χ0) is 23.4. The number of para-hydroxylation sites is 2. The van der Waals surface area contributed by atoms with E-state index in [-0.39, 0.29) is 17.4 Å². The summed E-state index contributed by atoms with van der Waals surface area (Å²) in [4.78, 5) is 51.9. The van der Waals surface area contributed by atoms with Crippen molar-refractivity contribution < 1.29 is 28.3 Å². The van der Waals surface area contributed by atoms with Crippen molar-refractivity contribution in [3.8, 4) is 5.75 Å². The lowest BCUT2D eigenvalue weighted by atomic mass is 9.96. The molecular weight excluding hydrogens is 417 g/mol. The molecule has 1 heterocycles. The van der Waals surface area contributed by atoms with E-state index in [1.165, 1.54) is 18.2 Å². The first-order valence-electron chi connectivity index (χ1n) is 10.2. The zero-order valence-electron chi connectivity index (χ0n) is 18.0. The molecule has 9 heteroatoms. The van der Waals surface area contributed by atoms with Crippen molar-refractivity contribution in [2.75, 3.05) is 18.1 Å². The summed E-state index contributed by atoms with van der Waals surface area (Å²) >= 11 is 0. The van der Waals surface area contributed by atoms with Crippen LogP contribution in [0.15, 0.2) is 48.5 Å². The predicted octanol–water partition coefficient (Wildman–Crippen LogP) is 3.03. The van der Waals surface area contributed by atoms with Crippen molar-refractivity contribution in [1.29, 1.82) is 0 Å². The van der Waals surface area contributed by atoms with Crippen LogP contribution < -0.4 is 15.0 Å². The van der Waals surface area contributed by atoms with E-state index in [0.29, 0.717) is 22.0 Å². The van der Waals surface area contributed by atoms with Crippen LogP contribution in [0.2, 0.25) is 0 Å². The number of carbonyl (C=O) groups is 4. The Morgan fingerprint density at radius 2 is 1.69 bits per heavy atom. The van der Waals surface area contributed by atoms with Crippen molar-refractivity contribution in [3.63, 3.8) is 0 Å². The summed E-state index contributed by atoms with van der Waals surface area (Å²) < 4.78 is 18.7. The molecule has 1 unspecified atom stereocenters. The van der Waals surface area contributed by atoms with E-state index < -0.39 is 42.2 Å². The zero-order valence-corrected chi connectivity index (χ0v) is 18.0. The van der Waals surface area contributed by atoms with Gasteiger partial charge in [0.1, 0.15) is 18.1 Å². The lowest BCUT2D eigenvalue weighted by Crippen LogP contribution is -2.43. The van der Waals surface area contributed by atoms with Crippen molar-refractivity contribution >= 4 is 29.4 Å². The van der Waals surface area contributed by atoms with Gasteiger partial charge in [0.25, 0.3) is 0 Å². The quantitative estimate of drug-likeness (QED) is 0.502. The van der Waals surface area contributed by atoms with E-state index in [9.17, 15) is 23.6 Å². The molecule has 2 aromatic rings. The second-order valence-electron chi connectivity index (χ2n) is 7.56. The molecule has 1 N–H and O–H groups in total. The first kappa shape index (κ1) is 22.9. The van der Waals surface area contributed by atoms with Crippen LogP contribution in [0.5, 0.6) is 5.75 Å². The molecule has 32 heavy (non-hydrogen) atoms. The molecule has 8 nitrogen and oxygen atoms in total. The number of hydrogen-bond acceptors (Lipinski definition) is 5. The van der Waals surface area contributed by atoms with Crippen LogP contribution in [-0.2, 0) is 14.4 Å². The average Bonchev–Trinajstić information content (AvgIpc) is 2.96. The minimum Gasteiger partial charge on any atom is -0.492 e. The van der Waals surface area contributed by atoms with Crippen molar-refractivity contribution in [2.24, 2.45) is 5.92 Å². The van der Waals surface area contributed by atoms with Gasteiger partial charge in [0.15, 0.2) is 0 Å². The van der Waals surface area contributed by atoms with Gasteiger partial charge in [0.05, 0.1) is 18.3 Å². The minimum absolute atomic E-state index is 0.0504. The molecule has 1 aliphatic heterocycles. The van der Waals surface area contributed by atoms with Crippen molar-refractivity contribution in [2.45, 2.75) is 26.8 Å². The smallest absolute Gasteiger partial charge is 0.339 e. The van der Waals surface area contributed by atoms with Gasteiger partial charge < -0.3 is 10.1 Å². The lowest BCUT2D eigenvalue weighted by Gasteiger charge is -2.24. The van der Waals surface area contributed by atoms with Gasteiger partial charge in [0.2, 0.25) is 5.91 Å². The number of rotatable bonds is 8. The molecular formula is C23H24FN3O5. The molecule has 0 spiro atoms. The van der Waals surface area contributed by atoms with Gasteiger partial charge in [-0.15, -0.1) is 0 Å². The van der Waals surface area contributed by atoms with Crippen LogP contribution in [0.25, 0.3) is 0 Å². The van der Waals surface area contributed by atoms with Crippen LogP contribution in [0.4, 0.5) is 14.9 Å². The molecule has 0 aromatic heterocycles. The number of nitrogens with one attached hydrogen (secondary N) is 1. The summed E-state index contributed by atoms with van der Waals surface area (Å²) in [5.74, 6) is -2.96. The molecule has 3 rings (SSSR count). The van der Waals surface area contributed by atoms with E-state index in [4.69, 9.17) is 4.74 Å². The molecule has 0 saturated carbocycles. The van der Waals surface area contributed by atoms with E-state index >= 15 is 0 Å². The Labute approximate surface area is 184 Å². The number of carbonyl (C=O) groups excluding carboxylic acids is 4. The Morgan fingerprint density at radius 3 is 2.31 bits per heavy atom. The topological polar surface area (TPSA) is 96.0 Å². The highest BCUT2D eigenvalue weighted by Gasteiger charge is 2.47. The molecule has 0 radical (unpaired) electrons. The highest BCUT2D eigenvalue weighted by Crippen LogP contribution is 2.31. The van der Waals surface area contributed by atoms with Crippen LogP contribution in [0.3, 0.4) is 0 Å². The van der Waals surface area contributed by atoms with Crippen LogP contribution in [0.1, 0.15) is 32.4 Å². The molecule has 168 valence electrons. The highest BCUT2D eigenvalue weighted by molar-refractivity contribution is 6.53. The van der Waals surface area contributed by atoms with Gasteiger partial charge in [0, 0.05) is 0 Å². The maximum atomic E-state index is 13.2. The number of anilines is 1. The number of halogens is 1. The standard InChI is InChI=1S/C23H24FN3O5/c1-4-32-18-8-6-5-7-17(18)27-22(30)21(29)26(23(27)31)13-19(28)25-20(14(2)3)15-9-11-16(24)12-10-15/h5-12,14,20H,4,13H2,1-3H3,(H,25,28). The summed E-state index contributed by atoms with van der Waals surface area (Å²) in [6.45, 7) is 5.17. The first-order chi connectivity index (χ1) is 15.2. The summed E-state index contributed by atoms with van der Waals surface area (Å²) in [7, 11) is 0. The van der Waals surface area contributed by atoms with Crippen LogP contribution in [0, 0.1) is 11.7 Å². The predicted molar refractivity (Wildman–Crippen MR) is 114 cm³/mol. The van der Waals surface area contributed by atoms with Gasteiger partial charge in [-0.1, -0.05) is 38.1 Å². The Bertz CT molecular complexity index is 1040. The molecule has 1 saturated heterocycles. The van der Waals surface area contributed by atoms with Gasteiger partial charge in [-0.3, -0.25) is 14.4 Å². The Balaban J connectivity index is 1.78. The minimum atomic E-state index is -1.10. The Kier molecular flexibility index (Phi) is 6.87. The van der Waals surface area contributed by atoms with Gasteiger partial charge in [-0.25, -0.2) is 19.0 Å². The van der Waals surface area contributed by atoms with Crippen LogP contribution in [-0.4, -0.2) is 41.8 Å². The average molecular weight is 441 g/mol. The SMILES string of the molecule is CCOc1ccccc1N1C(=O)C(=O)N(CC(=O)NC(c2ccc(F)cc2)C(C)C)C1=O. The second-order valence-corrected chi connectivity index (χ2v) is 7.56. The number of hydrogen-bond donors (Lipinski definition) is 1. The number of benzene rings is 2. The lowest BCUT2D eigenvalue weighted by molar-refractivity contribution is -0.140. The fourth-order valence-electron chi connectivity index (χ4n) is 3.44. The molecule has 0 bridgehead atoms. The number of imide groups is 2. The fraction of sp³-hybridized carbons (Fsp3) is 0.304. The number of urea groups is 1. The normalized spacial score (nSPS) is 14.8. The molecule has 0 aliphatic carbocycles. The van der Waals surface area contributed by atoms with Gasteiger partial charge in [-0.2, -0.15) is 0 Å². The van der Waals surface area contributed by atoms with Gasteiger partial charge in [-0.05, 0) is 42.7 Å². The first-order valence-corrected chi connectivity index (χ1v) is 10.2. The van der Waals surface area contributed by atoms with E-state index in [1.54, 1.807) is 37.3 Å². The van der Waals surface area contributed by atoms with Crippen LogP contribution >= 0.6 is 0 Å². The maximum absolute atomic E-state index is 13.2. The second kappa shape index (κ2) is 9.59. The van der Waals surface area contributed by atoms with E-state index in [2.05, 4.69) is 5.32 Å². The van der Waals surface area contributed by atoms with E-state index in [0.717, 1.165) is 0 Å². The largest absolute Gasteiger partial charge is 0.492 e. The molecule has 5 amide bonds. The molecule has 1 atom stereocenters. The highest BCUT2D eigenvalue weighted by atomic mass is 19.1. The summed E-state index contributed by atoms with van der Waals surface area (Å²) in [5, 5.41) is 2.76. The fourth-order valence-corrected chi connectivity index (χ4v) is 3.44. The monoisotopic (exact) mass is 441 g/mol. The third kappa shape index (κ3) is 4.61. The van der Waals surface area contributed by atoms with Crippen molar-refractivity contribution in [3.05, 3.63) is 59.9 Å². The summed E-state index contributed by atoms with van der Waals surface area (Å²) in [6, 6.07) is 10.6. The third-order valence-electron chi connectivity index (χ3n) is 4.97. The van der Waals surface area contributed by atoms with Gasteiger partial charge >= 0.3 is 17.8 Å². The number of ether oxygens (including phenoxy) is 1. The number of nitrogens with zero attached hydrogens (tertiary/aromatic N) is 2. The molecule has 1 aliphatic rings. The Hall–Kier alpha value is -3.75. The summed E-state index contributed by atoms with van der Waals surface area (Å²) in [6.07, 6.45) is 0. The van der Waals surface area contributed by atoms with E-state index in [1.807, 2.05) is 13.8 Å². The number of amides is 5. The molecule has 2 aromatic carbocycles. The Morgan fingerprint density at radius 1 is 1.03 bits per heavy atom. The van der Waals surface area contributed by atoms with Crippen molar-refractivity contribution in [1.82, 2.24) is 10.2 Å². The molecule has 1 fully saturated rings. The maximum Gasteiger partial charge on any atom is 0.339 e. The summed E-state index contributed by atoms with van der Waals surface area (Å²) in [5.41, 5.74) is 0.809.